The van der Waals surface area contributed by atoms with E-state index in [0.29, 0.717) is 0 Å². The molecule has 4 aromatic rings. The summed E-state index contributed by atoms with van der Waals surface area (Å²) in [7, 11) is 4.23. The van der Waals surface area contributed by atoms with Gasteiger partial charge >= 0.3 is 0 Å². The Hall–Kier alpha value is -2.72. The summed E-state index contributed by atoms with van der Waals surface area (Å²) in [4.78, 5) is 4.02. The van der Waals surface area contributed by atoms with Gasteiger partial charge in [0.25, 0.3) is 0 Å². The summed E-state index contributed by atoms with van der Waals surface area (Å²) >= 11 is 0. The number of rotatable bonds is 5. The minimum Gasteiger partial charge on any atom is -0.309 e. The van der Waals surface area contributed by atoms with Crippen LogP contribution in [-0.2, 0) is 6.42 Å². The van der Waals surface area contributed by atoms with Crippen LogP contribution in [-0.4, -0.2) is 40.5 Å². The molecule has 4 heteroatoms. The largest absolute Gasteiger partial charge is 0.309 e. The predicted octanol–water partition coefficient (Wildman–Crippen LogP) is 4.07. The molecule has 4 rings (SSSR count). The number of hydrogen-bond acceptors (Lipinski definition) is 3. The number of hydrogen-bond donors (Lipinski definition) is 0. The van der Waals surface area contributed by atoms with Crippen LogP contribution in [0.4, 0.5) is 0 Å². The van der Waals surface area contributed by atoms with Crippen LogP contribution < -0.4 is 0 Å². The Morgan fingerprint density at radius 2 is 1.44 bits per heavy atom. The number of benzene rings is 3. The number of aryl methyl sites for hydroxylation is 1. The Balaban J connectivity index is 1.81. The Morgan fingerprint density at radius 1 is 0.840 bits per heavy atom. The van der Waals surface area contributed by atoms with E-state index in [-0.39, 0.29) is 0 Å². The van der Waals surface area contributed by atoms with Crippen LogP contribution in [0, 0.1) is 0 Å². The number of nitrogens with zero attached hydrogens (tertiary/aromatic N) is 4. The first kappa shape index (κ1) is 15.8. The van der Waals surface area contributed by atoms with Gasteiger partial charge < -0.3 is 4.90 Å². The van der Waals surface area contributed by atoms with Crippen LogP contribution in [0.1, 0.15) is 12.0 Å². The Labute approximate surface area is 147 Å². The fourth-order valence-corrected chi connectivity index (χ4v) is 3.22. The van der Waals surface area contributed by atoms with Gasteiger partial charge in [-0.2, -0.15) is 4.80 Å². The highest BCUT2D eigenvalue weighted by atomic mass is 15.5. The second kappa shape index (κ2) is 6.65. The topological polar surface area (TPSA) is 34.0 Å². The van der Waals surface area contributed by atoms with Crippen molar-refractivity contribution in [1.82, 2.24) is 19.9 Å². The van der Waals surface area contributed by atoms with E-state index in [1.807, 2.05) is 24.3 Å². The van der Waals surface area contributed by atoms with Crippen molar-refractivity contribution in [1.29, 1.82) is 0 Å². The highest BCUT2D eigenvalue weighted by Crippen LogP contribution is 2.24. The monoisotopic (exact) mass is 330 g/mol. The summed E-state index contributed by atoms with van der Waals surface area (Å²) < 4.78 is 0. The smallest absolute Gasteiger partial charge is 0.113 e. The van der Waals surface area contributed by atoms with E-state index in [4.69, 9.17) is 0 Å². The lowest BCUT2D eigenvalue weighted by molar-refractivity contribution is 0.400. The van der Waals surface area contributed by atoms with Gasteiger partial charge in [-0.25, -0.2) is 0 Å². The summed E-state index contributed by atoms with van der Waals surface area (Å²) in [5.74, 6) is 0. The van der Waals surface area contributed by atoms with E-state index in [1.54, 1.807) is 4.80 Å². The lowest BCUT2D eigenvalue weighted by Gasteiger charge is -2.13. The molecular formula is C21H22N4. The maximum atomic E-state index is 4.69. The zero-order valence-electron chi connectivity index (χ0n) is 14.7. The van der Waals surface area contributed by atoms with Crippen LogP contribution in [0.25, 0.3) is 27.5 Å². The Morgan fingerprint density at radius 3 is 2.08 bits per heavy atom. The van der Waals surface area contributed by atoms with Crippen LogP contribution in [0.2, 0.25) is 0 Å². The minimum atomic E-state index is 0.926. The van der Waals surface area contributed by atoms with E-state index in [9.17, 15) is 0 Å². The molecule has 0 bridgehead atoms. The highest BCUT2D eigenvalue weighted by molar-refractivity contribution is 5.86. The first-order valence-electron chi connectivity index (χ1n) is 8.69. The van der Waals surface area contributed by atoms with Gasteiger partial charge in [0.15, 0.2) is 0 Å². The molecule has 0 N–H and O–H groups in total. The molecule has 1 heterocycles. The van der Waals surface area contributed by atoms with Gasteiger partial charge in [-0.3, -0.25) is 0 Å². The second-order valence-corrected chi connectivity index (χ2v) is 6.71. The average molecular weight is 330 g/mol. The van der Waals surface area contributed by atoms with Crippen molar-refractivity contribution < 1.29 is 0 Å². The van der Waals surface area contributed by atoms with Crippen LogP contribution >= 0.6 is 0 Å². The van der Waals surface area contributed by atoms with Crippen molar-refractivity contribution in [2.75, 3.05) is 20.6 Å². The molecule has 0 unspecified atom stereocenters. The lowest BCUT2D eigenvalue weighted by Crippen LogP contribution is -2.14. The molecule has 3 aromatic carbocycles. The molecule has 0 aliphatic carbocycles. The second-order valence-electron chi connectivity index (χ2n) is 6.71. The molecule has 0 aliphatic heterocycles. The van der Waals surface area contributed by atoms with Crippen LogP contribution in [0.3, 0.4) is 0 Å². The summed E-state index contributed by atoms with van der Waals surface area (Å²) in [6.07, 6.45) is 2.12. The zero-order chi connectivity index (χ0) is 17.2. The average Bonchev–Trinajstić information content (AvgIpc) is 3.04. The molecule has 0 radical (unpaired) electrons. The van der Waals surface area contributed by atoms with E-state index in [2.05, 4.69) is 65.6 Å². The van der Waals surface area contributed by atoms with Gasteiger partial charge in [0, 0.05) is 0 Å². The highest BCUT2D eigenvalue weighted by Gasteiger charge is 2.11. The van der Waals surface area contributed by atoms with Gasteiger partial charge in [0.1, 0.15) is 11.0 Å². The van der Waals surface area contributed by atoms with Crippen molar-refractivity contribution in [2.24, 2.45) is 0 Å². The van der Waals surface area contributed by atoms with Gasteiger partial charge in [0.05, 0.1) is 5.69 Å². The third kappa shape index (κ3) is 3.26. The molecule has 4 nitrogen and oxygen atoms in total. The molecular weight excluding hydrogens is 308 g/mol. The maximum absolute atomic E-state index is 4.69. The van der Waals surface area contributed by atoms with E-state index < -0.39 is 0 Å². The summed E-state index contributed by atoms with van der Waals surface area (Å²) in [6, 6.07) is 21.0. The molecule has 0 saturated heterocycles. The molecule has 0 aliphatic rings. The van der Waals surface area contributed by atoms with E-state index >= 15 is 0 Å². The van der Waals surface area contributed by atoms with Gasteiger partial charge in [-0.15, -0.1) is 10.2 Å². The molecule has 0 saturated carbocycles. The lowest BCUT2D eigenvalue weighted by atomic mass is 10.0. The van der Waals surface area contributed by atoms with Crippen LogP contribution in [0.15, 0.2) is 60.7 Å². The fraction of sp³-hybridized carbons (Fsp3) is 0.238. The Bertz CT molecular complexity index is 984. The summed E-state index contributed by atoms with van der Waals surface area (Å²) in [5, 5.41) is 11.9. The van der Waals surface area contributed by atoms with Gasteiger partial charge in [-0.1, -0.05) is 36.4 Å². The molecule has 25 heavy (non-hydrogen) atoms. The van der Waals surface area contributed by atoms with Gasteiger partial charge in [-0.05, 0) is 74.1 Å². The summed E-state index contributed by atoms with van der Waals surface area (Å²) in [6.45, 7) is 1.07. The van der Waals surface area contributed by atoms with Crippen molar-refractivity contribution in [3.05, 3.63) is 66.2 Å². The molecule has 0 spiro atoms. The fourth-order valence-electron chi connectivity index (χ4n) is 3.22. The van der Waals surface area contributed by atoms with Crippen molar-refractivity contribution >= 4 is 21.8 Å². The SMILES string of the molecule is CN(C)CCCc1cc2ccccc2cc1-n1nc2ccccc2n1. The molecule has 126 valence electrons. The first-order chi connectivity index (χ1) is 12.2. The Kier molecular flexibility index (Phi) is 4.20. The van der Waals surface area contributed by atoms with E-state index in [0.717, 1.165) is 36.1 Å². The van der Waals surface area contributed by atoms with E-state index in [1.165, 1.54) is 16.3 Å². The summed E-state index contributed by atoms with van der Waals surface area (Å²) in [5.41, 5.74) is 4.22. The number of aromatic nitrogens is 3. The molecule has 0 atom stereocenters. The van der Waals surface area contributed by atoms with Crippen molar-refractivity contribution in [2.45, 2.75) is 12.8 Å². The third-order valence-electron chi connectivity index (χ3n) is 4.50. The normalized spacial score (nSPS) is 11.6. The number of fused-ring (bicyclic) bond motifs is 2. The standard InChI is InChI=1S/C21H22N4/c1-24(2)13-7-10-18-14-16-8-3-4-9-17(16)15-21(18)25-22-19-11-5-6-12-20(19)23-25/h3-6,8-9,11-12,14-15H,7,10,13H2,1-2H3. The molecule has 0 fully saturated rings. The van der Waals surface area contributed by atoms with Crippen molar-refractivity contribution in [3.63, 3.8) is 0 Å². The van der Waals surface area contributed by atoms with Gasteiger partial charge in [0.2, 0.25) is 0 Å². The first-order valence-corrected chi connectivity index (χ1v) is 8.69. The predicted molar refractivity (Wildman–Crippen MR) is 103 cm³/mol. The third-order valence-corrected chi connectivity index (χ3v) is 4.50. The van der Waals surface area contributed by atoms with Crippen molar-refractivity contribution in [3.8, 4) is 5.69 Å². The van der Waals surface area contributed by atoms with Crippen LogP contribution in [0.5, 0.6) is 0 Å². The quantitative estimate of drug-likeness (QED) is 0.553. The maximum Gasteiger partial charge on any atom is 0.113 e. The molecule has 0 amide bonds. The molecule has 1 aromatic heterocycles. The zero-order valence-corrected chi connectivity index (χ0v) is 14.7. The minimum absolute atomic E-state index is 0.926.